The third kappa shape index (κ3) is 4.41. The van der Waals surface area contributed by atoms with Gasteiger partial charge in [-0.25, -0.2) is 14.6 Å². The fourth-order valence-corrected chi connectivity index (χ4v) is 4.03. The molecule has 3 aromatic heterocycles. The van der Waals surface area contributed by atoms with Gasteiger partial charge in [0.1, 0.15) is 19.0 Å². The highest BCUT2D eigenvalue weighted by molar-refractivity contribution is 6.06. The number of carbonyl (C=O) groups excluding carboxylic acids is 1. The van der Waals surface area contributed by atoms with Crippen LogP contribution in [0.3, 0.4) is 0 Å². The molecule has 0 saturated carbocycles. The second-order valence-electron chi connectivity index (χ2n) is 8.37. The van der Waals surface area contributed by atoms with Gasteiger partial charge in [0.15, 0.2) is 17.1 Å². The van der Waals surface area contributed by atoms with Crippen molar-refractivity contribution < 1.29 is 23.0 Å². The minimum atomic E-state index is -2.68. The molecule has 1 aliphatic heterocycles. The van der Waals surface area contributed by atoms with Crippen LogP contribution in [-0.4, -0.2) is 50.0 Å². The number of fused-ring (bicyclic) bond motifs is 2. The summed E-state index contributed by atoms with van der Waals surface area (Å²) < 4.78 is 40.0. The lowest BCUT2D eigenvalue weighted by Crippen LogP contribution is -2.27. The molecule has 9 nitrogen and oxygen atoms in total. The Morgan fingerprint density at radius 2 is 1.97 bits per heavy atom. The number of nitrogens with zero attached hydrogens (tertiary/aromatic N) is 5. The molecule has 0 spiro atoms. The van der Waals surface area contributed by atoms with E-state index in [0.717, 1.165) is 10.1 Å². The molecular formula is C24H24F2N6O3. The van der Waals surface area contributed by atoms with Crippen LogP contribution in [-0.2, 0) is 6.42 Å². The van der Waals surface area contributed by atoms with Crippen LogP contribution < -0.4 is 14.8 Å². The van der Waals surface area contributed by atoms with Crippen LogP contribution in [0.5, 0.6) is 11.5 Å². The molecule has 1 N–H and O–H groups in total. The molecule has 0 aliphatic carbocycles. The van der Waals surface area contributed by atoms with Crippen molar-refractivity contribution in [1.29, 1.82) is 0 Å². The second kappa shape index (κ2) is 9.32. The third-order valence-corrected chi connectivity index (χ3v) is 5.73. The summed E-state index contributed by atoms with van der Waals surface area (Å²) in [5, 5.41) is 7.85. The molecule has 0 radical (unpaired) electrons. The van der Waals surface area contributed by atoms with Crippen molar-refractivity contribution in [2.24, 2.45) is 0 Å². The predicted octanol–water partition coefficient (Wildman–Crippen LogP) is 4.01. The van der Waals surface area contributed by atoms with E-state index >= 15 is 0 Å². The first-order valence-electron chi connectivity index (χ1n) is 11.3. The van der Waals surface area contributed by atoms with Crippen molar-refractivity contribution in [1.82, 2.24) is 29.6 Å². The number of pyridine rings is 1. The Labute approximate surface area is 199 Å². The zero-order valence-electron chi connectivity index (χ0n) is 19.2. The maximum Gasteiger partial charge on any atom is 0.319 e. The van der Waals surface area contributed by atoms with E-state index in [1.807, 2.05) is 32.0 Å². The Morgan fingerprint density at radius 1 is 1.17 bits per heavy atom. The Kier molecular flexibility index (Phi) is 6.06. The summed E-state index contributed by atoms with van der Waals surface area (Å²) in [5.41, 5.74) is 2.31. The summed E-state index contributed by atoms with van der Waals surface area (Å²) in [6, 6.07) is 7.25. The number of hydrogen-bond acceptors (Lipinski definition) is 6. The maximum atomic E-state index is 13.2. The van der Waals surface area contributed by atoms with E-state index in [4.69, 9.17) is 14.5 Å². The first-order chi connectivity index (χ1) is 16.9. The van der Waals surface area contributed by atoms with Crippen LogP contribution in [0, 0.1) is 0 Å². The fraction of sp³-hybridized carbons (Fsp3) is 0.333. The lowest BCUT2D eigenvalue weighted by Gasteiger charge is -2.19. The van der Waals surface area contributed by atoms with Crippen molar-refractivity contribution in [3.63, 3.8) is 0 Å². The molecule has 11 heteroatoms. The zero-order chi connectivity index (χ0) is 24.5. The SMILES string of the molecule is CC(C)n1ncc2c(C(=O)NCCc3nccn3C(F)F)cc(-c3ccc4c(c3)OCCO4)nc21. The van der Waals surface area contributed by atoms with Gasteiger partial charge in [0.25, 0.3) is 5.91 Å². The third-order valence-electron chi connectivity index (χ3n) is 5.73. The van der Waals surface area contributed by atoms with E-state index < -0.39 is 6.55 Å². The van der Waals surface area contributed by atoms with Crippen LogP contribution in [0.25, 0.3) is 22.3 Å². The van der Waals surface area contributed by atoms with Gasteiger partial charge in [-0.3, -0.25) is 9.36 Å². The molecule has 35 heavy (non-hydrogen) atoms. The first kappa shape index (κ1) is 22.8. The monoisotopic (exact) mass is 482 g/mol. The van der Waals surface area contributed by atoms with E-state index in [9.17, 15) is 13.6 Å². The molecule has 182 valence electrons. The summed E-state index contributed by atoms with van der Waals surface area (Å²) >= 11 is 0. The molecule has 0 unspecified atom stereocenters. The lowest BCUT2D eigenvalue weighted by atomic mass is 10.1. The summed E-state index contributed by atoms with van der Waals surface area (Å²) in [4.78, 5) is 22.0. The number of hydrogen-bond donors (Lipinski definition) is 1. The lowest BCUT2D eigenvalue weighted by molar-refractivity contribution is 0.0670. The average molecular weight is 482 g/mol. The summed E-state index contributed by atoms with van der Waals surface area (Å²) in [7, 11) is 0. The van der Waals surface area contributed by atoms with Gasteiger partial charge in [0.05, 0.1) is 22.8 Å². The fourth-order valence-electron chi connectivity index (χ4n) is 4.03. The van der Waals surface area contributed by atoms with E-state index in [-0.39, 0.29) is 30.7 Å². The zero-order valence-corrected chi connectivity index (χ0v) is 19.2. The maximum absolute atomic E-state index is 13.2. The predicted molar refractivity (Wildman–Crippen MR) is 124 cm³/mol. The molecule has 1 amide bonds. The van der Waals surface area contributed by atoms with Gasteiger partial charge in [-0.1, -0.05) is 0 Å². The number of aromatic nitrogens is 5. The quantitative estimate of drug-likeness (QED) is 0.428. The Balaban J connectivity index is 1.47. The Morgan fingerprint density at radius 3 is 2.74 bits per heavy atom. The van der Waals surface area contributed by atoms with Crippen molar-refractivity contribution in [3.8, 4) is 22.8 Å². The Bertz CT molecular complexity index is 1380. The molecule has 0 bridgehead atoms. The highest BCUT2D eigenvalue weighted by Crippen LogP contribution is 2.35. The number of ether oxygens (including phenoxy) is 2. The number of halogens is 2. The molecule has 4 aromatic rings. The van der Waals surface area contributed by atoms with Gasteiger partial charge in [-0.2, -0.15) is 13.9 Å². The van der Waals surface area contributed by atoms with Crippen molar-refractivity contribution in [2.75, 3.05) is 19.8 Å². The molecule has 4 heterocycles. The standard InChI is InChI=1S/C24H24F2N6O3/c1-14(2)32-22-17(13-29-32)16(23(33)28-6-5-21-27-7-8-31(21)24(25)26)12-18(30-22)15-3-4-19-20(11-15)35-10-9-34-19/h3-4,7-8,11-14,24H,5-6,9-10H2,1-2H3,(H,28,33). The number of nitrogens with one attached hydrogen (secondary N) is 1. The van der Waals surface area contributed by atoms with E-state index in [1.165, 1.54) is 12.4 Å². The minimum Gasteiger partial charge on any atom is -0.486 e. The number of carbonyl (C=O) groups is 1. The van der Waals surface area contributed by atoms with Crippen LogP contribution in [0.1, 0.15) is 42.6 Å². The summed E-state index contributed by atoms with van der Waals surface area (Å²) in [5.74, 6) is 1.13. The molecule has 0 atom stereocenters. The molecular weight excluding hydrogens is 458 g/mol. The van der Waals surface area contributed by atoms with Gasteiger partial charge >= 0.3 is 6.55 Å². The minimum absolute atomic E-state index is 0.0274. The average Bonchev–Trinajstić information content (AvgIpc) is 3.50. The van der Waals surface area contributed by atoms with E-state index in [1.54, 1.807) is 16.9 Å². The molecule has 1 aromatic carbocycles. The number of amides is 1. The van der Waals surface area contributed by atoms with E-state index in [2.05, 4.69) is 15.4 Å². The number of imidazole rings is 1. The molecule has 0 fully saturated rings. The van der Waals surface area contributed by atoms with Crippen molar-refractivity contribution in [3.05, 3.63) is 54.2 Å². The van der Waals surface area contributed by atoms with Crippen molar-refractivity contribution >= 4 is 16.9 Å². The van der Waals surface area contributed by atoms with Gasteiger partial charge in [-0.15, -0.1) is 0 Å². The second-order valence-corrected chi connectivity index (χ2v) is 8.37. The number of rotatable bonds is 7. The number of benzene rings is 1. The van der Waals surface area contributed by atoms with Crippen molar-refractivity contribution in [2.45, 2.75) is 32.9 Å². The Hall–Kier alpha value is -4.02. The summed E-state index contributed by atoms with van der Waals surface area (Å²) in [6.07, 6.45) is 4.32. The van der Waals surface area contributed by atoms with Crippen LogP contribution in [0.2, 0.25) is 0 Å². The smallest absolute Gasteiger partial charge is 0.319 e. The van der Waals surface area contributed by atoms with Gasteiger partial charge < -0.3 is 14.8 Å². The molecule has 1 aliphatic rings. The van der Waals surface area contributed by atoms with Crippen LogP contribution in [0.15, 0.2) is 42.9 Å². The summed E-state index contributed by atoms with van der Waals surface area (Å²) in [6.45, 7) is 2.38. The number of alkyl halides is 2. The van der Waals surface area contributed by atoms with Gasteiger partial charge in [-0.05, 0) is 38.1 Å². The normalized spacial score (nSPS) is 13.1. The van der Waals surface area contributed by atoms with Gasteiger partial charge in [0, 0.05) is 37.0 Å². The van der Waals surface area contributed by atoms with Gasteiger partial charge in [0.2, 0.25) is 0 Å². The first-order valence-corrected chi connectivity index (χ1v) is 11.3. The van der Waals surface area contributed by atoms with E-state index in [0.29, 0.717) is 47.0 Å². The topological polar surface area (TPSA) is 96.1 Å². The highest BCUT2D eigenvalue weighted by atomic mass is 19.3. The van der Waals surface area contributed by atoms with Crippen LogP contribution in [0.4, 0.5) is 8.78 Å². The molecule has 5 rings (SSSR count). The van der Waals surface area contributed by atoms with Crippen LogP contribution >= 0.6 is 0 Å². The highest BCUT2D eigenvalue weighted by Gasteiger charge is 2.20. The molecule has 0 saturated heterocycles. The largest absolute Gasteiger partial charge is 0.486 e.